The summed E-state index contributed by atoms with van der Waals surface area (Å²) in [5.74, 6) is -2.02. The van der Waals surface area contributed by atoms with Gasteiger partial charge in [0, 0.05) is 39.1 Å². The van der Waals surface area contributed by atoms with E-state index in [1.54, 1.807) is 41.7 Å². The molecule has 5 aliphatic rings. The van der Waals surface area contributed by atoms with Crippen molar-refractivity contribution >= 4 is 17.7 Å². The first-order chi connectivity index (χ1) is 30.0. The number of carbonyl (C=O) groups excluding carboxylic acids is 1. The lowest BCUT2D eigenvalue weighted by molar-refractivity contribution is -0.335. The predicted octanol–water partition coefficient (Wildman–Crippen LogP) is 4.02. The molecule has 5 fully saturated rings. The van der Waals surface area contributed by atoms with Gasteiger partial charge in [-0.3, -0.25) is 4.79 Å². The zero-order chi connectivity index (χ0) is 46.9. The summed E-state index contributed by atoms with van der Waals surface area (Å²) < 4.78 is 46.0. The fourth-order valence-electron chi connectivity index (χ4n) is 10.6. The number of rotatable bonds is 11. The number of aliphatic imine (C=N–C) groups is 1. The molecule has 0 bridgehead atoms. The van der Waals surface area contributed by atoms with E-state index in [4.69, 9.17) is 38.2 Å². The van der Waals surface area contributed by atoms with Crippen molar-refractivity contribution in [1.82, 2.24) is 15.5 Å². The molecule has 16 heteroatoms. The van der Waals surface area contributed by atoms with Crippen molar-refractivity contribution in [3.63, 3.8) is 0 Å². The van der Waals surface area contributed by atoms with Gasteiger partial charge < -0.3 is 69.1 Å². The second-order valence-corrected chi connectivity index (χ2v) is 20.6. The third-order valence-corrected chi connectivity index (χ3v) is 15.1. The fourth-order valence-corrected chi connectivity index (χ4v) is 10.6. The zero-order valence-corrected chi connectivity index (χ0v) is 40.4. The van der Waals surface area contributed by atoms with Crippen LogP contribution >= 0.6 is 0 Å². The van der Waals surface area contributed by atoms with Crippen molar-refractivity contribution < 1.29 is 58.4 Å². The molecule has 0 spiro atoms. The van der Waals surface area contributed by atoms with Gasteiger partial charge in [0.15, 0.2) is 18.7 Å². The average molecular weight is 905 g/mol. The van der Waals surface area contributed by atoms with Crippen LogP contribution in [0.4, 0.5) is 5.69 Å². The Bertz CT molecular complexity index is 1720. The van der Waals surface area contributed by atoms with Crippen LogP contribution in [0.1, 0.15) is 108 Å². The van der Waals surface area contributed by atoms with Gasteiger partial charge in [0.2, 0.25) is 0 Å². The second kappa shape index (κ2) is 20.4. The maximum Gasteiger partial charge on any atom is 0.311 e. The largest absolute Gasteiger partial charge is 0.459 e. The highest BCUT2D eigenvalue weighted by Crippen LogP contribution is 2.44. The Balaban J connectivity index is 1.37. The van der Waals surface area contributed by atoms with Crippen LogP contribution < -0.4 is 10.6 Å². The van der Waals surface area contributed by atoms with E-state index in [1.165, 1.54) is 19.8 Å². The van der Waals surface area contributed by atoms with Crippen LogP contribution in [0.5, 0.6) is 0 Å². The minimum Gasteiger partial charge on any atom is -0.459 e. The topological polar surface area (TPSA) is 202 Å². The van der Waals surface area contributed by atoms with Crippen molar-refractivity contribution in [2.75, 3.05) is 33.8 Å². The number of carbonyl (C=O) groups is 1. The van der Waals surface area contributed by atoms with Gasteiger partial charge in [0.1, 0.15) is 29.0 Å². The SMILES string of the molecule is CC[C@H]1OC(=O)[C@H](C)[C@@H](O[C@H]2C[C@@](C)(OC)[C@](O)(CNCC3CC3)[C@H](C)O2)[C@H](C)[C@@H](O[C@@H]2O[C@H](C)C[C@H]3[C@H]2O/C(=N\c2ccccc2)N3C)[C@](C)(O)C[C@@H](C)CN[C@H](C)[C@@H](O)[C@]1(C)O. The molecule has 1 aromatic rings. The highest BCUT2D eigenvalue weighted by Gasteiger charge is 2.59. The van der Waals surface area contributed by atoms with E-state index in [9.17, 15) is 25.2 Å². The number of hydrogen-bond acceptors (Lipinski definition) is 15. The van der Waals surface area contributed by atoms with Gasteiger partial charge in [-0.15, -0.1) is 0 Å². The summed E-state index contributed by atoms with van der Waals surface area (Å²) in [6, 6.07) is 9.24. The highest BCUT2D eigenvalue weighted by molar-refractivity contribution is 5.79. The zero-order valence-electron chi connectivity index (χ0n) is 40.4. The van der Waals surface area contributed by atoms with Crippen molar-refractivity contribution in [2.24, 2.45) is 28.7 Å². The quantitative estimate of drug-likeness (QED) is 0.174. The third kappa shape index (κ3) is 10.9. The molecular formula is C48H80N4O12. The molecule has 16 nitrogen and oxygen atoms in total. The van der Waals surface area contributed by atoms with E-state index in [0.717, 1.165) is 12.2 Å². The van der Waals surface area contributed by atoms with Gasteiger partial charge in [-0.1, -0.05) is 39.0 Å². The maximum atomic E-state index is 14.6. The number of fused-ring (bicyclic) bond motifs is 1. The molecule has 0 aromatic heterocycles. The van der Waals surface area contributed by atoms with E-state index in [-0.39, 0.29) is 43.9 Å². The lowest BCUT2D eigenvalue weighted by atomic mass is 9.75. The summed E-state index contributed by atoms with van der Waals surface area (Å²) in [7, 11) is 3.51. The lowest BCUT2D eigenvalue weighted by Gasteiger charge is -2.53. The maximum absolute atomic E-state index is 14.6. The molecule has 1 saturated carbocycles. The number of aliphatic hydroxyl groups is 4. The first kappa shape index (κ1) is 50.9. The molecule has 6 N–H and O–H groups in total. The lowest BCUT2D eigenvalue weighted by Crippen LogP contribution is -2.70. The van der Waals surface area contributed by atoms with Crippen molar-refractivity contribution in [1.29, 1.82) is 0 Å². The molecule has 6 rings (SSSR count). The van der Waals surface area contributed by atoms with E-state index in [2.05, 4.69) is 10.6 Å². The fraction of sp³-hybridized carbons (Fsp3) is 0.833. The van der Waals surface area contributed by atoms with Crippen molar-refractivity contribution in [2.45, 2.75) is 198 Å². The molecule has 64 heavy (non-hydrogen) atoms. The molecule has 1 aromatic carbocycles. The number of aliphatic hydroxyl groups excluding tert-OH is 1. The molecule has 4 aliphatic heterocycles. The summed E-state index contributed by atoms with van der Waals surface area (Å²) in [5, 5.41) is 55.2. The number of amidine groups is 1. The van der Waals surface area contributed by atoms with Gasteiger partial charge in [-0.05, 0) is 118 Å². The molecular weight excluding hydrogens is 825 g/mol. The number of methoxy groups -OCH3 is 1. The Morgan fingerprint density at radius 3 is 2.30 bits per heavy atom. The Morgan fingerprint density at radius 2 is 1.66 bits per heavy atom. The predicted molar refractivity (Wildman–Crippen MR) is 241 cm³/mol. The molecule has 0 unspecified atom stereocenters. The Morgan fingerprint density at radius 1 is 0.969 bits per heavy atom. The van der Waals surface area contributed by atoms with Crippen LogP contribution in [0.25, 0.3) is 0 Å². The standard InChI is InChI=1S/C48H80N4O12/c1-13-36-47(10,56)40(53)31(6)50-24-27(2)22-45(8,55)41(64-43-39-35(21-28(3)59-43)52(11)44(63-39)51-34-17-15-14-16-18-34)29(4)38(30(5)42(54)61-36)62-37-23-46(9,58-12)48(57,32(7)60-37)26-49-25-33-19-20-33/h14-18,27-33,35-41,43,49-50,53,55-57H,13,19-26H2,1-12H3/b51-44-/t27-,28-,29+,30-,31-,32+,35+,36-,37+,38+,39-,40-,41-,43+,45-,46-,47-,48+/m1/s1. The number of hydrogen-bond donors (Lipinski definition) is 6. The number of para-hydroxylation sites is 1. The second-order valence-electron chi connectivity index (χ2n) is 20.6. The first-order valence-corrected chi connectivity index (χ1v) is 23.7. The van der Waals surface area contributed by atoms with Crippen LogP contribution in [0.3, 0.4) is 0 Å². The van der Waals surface area contributed by atoms with Crippen LogP contribution in [-0.2, 0) is 38.0 Å². The summed E-state index contributed by atoms with van der Waals surface area (Å²) in [6.45, 7) is 19.4. The highest BCUT2D eigenvalue weighted by atomic mass is 16.7. The van der Waals surface area contributed by atoms with E-state index in [1.807, 2.05) is 70.0 Å². The van der Waals surface area contributed by atoms with Crippen molar-refractivity contribution in [3.05, 3.63) is 30.3 Å². The van der Waals surface area contributed by atoms with E-state index in [0.29, 0.717) is 24.9 Å². The minimum atomic E-state index is -1.82. The molecule has 18 atom stereocenters. The normalized spacial score (nSPS) is 45.8. The summed E-state index contributed by atoms with van der Waals surface area (Å²) >= 11 is 0. The van der Waals surface area contributed by atoms with E-state index < -0.39 is 95.5 Å². The first-order valence-electron chi connectivity index (χ1n) is 23.7. The van der Waals surface area contributed by atoms with Crippen LogP contribution in [-0.4, -0.2) is 161 Å². The molecule has 4 heterocycles. The number of nitrogens with zero attached hydrogens (tertiary/aromatic N) is 2. The minimum absolute atomic E-state index is 0.109. The van der Waals surface area contributed by atoms with Crippen LogP contribution in [0, 0.1) is 23.7 Å². The van der Waals surface area contributed by atoms with Crippen molar-refractivity contribution in [3.8, 4) is 0 Å². The molecule has 4 saturated heterocycles. The summed E-state index contributed by atoms with van der Waals surface area (Å²) in [4.78, 5) is 21.4. The Kier molecular flexibility index (Phi) is 16.2. The monoisotopic (exact) mass is 905 g/mol. The van der Waals surface area contributed by atoms with Gasteiger partial charge in [0.05, 0.1) is 47.7 Å². The Labute approximate surface area is 381 Å². The number of cyclic esters (lactones) is 1. The molecule has 364 valence electrons. The number of likely N-dealkylation sites (N-methyl/N-ethyl adjacent to an activating group) is 1. The molecule has 0 amide bonds. The summed E-state index contributed by atoms with van der Waals surface area (Å²) in [5.41, 5.74) is -5.20. The number of ether oxygens (including phenoxy) is 7. The van der Waals surface area contributed by atoms with E-state index >= 15 is 0 Å². The van der Waals surface area contributed by atoms with Crippen LogP contribution in [0.15, 0.2) is 35.3 Å². The Hall–Kier alpha value is -2.48. The number of nitrogens with one attached hydrogen (secondary N) is 2. The van der Waals surface area contributed by atoms with Gasteiger partial charge >= 0.3 is 5.97 Å². The van der Waals surface area contributed by atoms with Gasteiger partial charge in [0.25, 0.3) is 6.02 Å². The summed E-state index contributed by atoms with van der Waals surface area (Å²) in [6.07, 6.45) is -4.47. The van der Waals surface area contributed by atoms with Crippen LogP contribution in [0.2, 0.25) is 0 Å². The van der Waals surface area contributed by atoms with Gasteiger partial charge in [-0.25, -0.2) is 0 Å². The number of esters is 1. The molecule has 0 radical (unpaired) electrons. The number of benzene rings is 1. The third-order valence-electron chi connectivity index (χ3n) is 15.1. The smallest absolute Gasteiger partial charge is 0.311 e. The average Bonchev–Trinajstić information content (AvgIpc) is 4.03. The van der Waals surface area contributed by atoms with Gasteiger partial charge in [-0.2, -0.15) is 4.99 Å². The molecule has 1 aliphatic carbocycles.